The molecule has 3 N–H and O–H groups in total. The zero-order valence-electron chi connectivity index (χ0n) is 13.7. The van der Waals surface area contributed by atoms with Gasteiger partial charge >= 0.3 is 0 Å². The maximum absolute atomic E-state index is 12.5. The Morgan fingerprint density at radius 3 is 3.08 bits per heavy atom. The van der Waals surface area contributed by atoms with Crippen molar-refractivity contribution in [3.63, 3.8) is 0 Å². The van der Waals surface area contributed by atoms with Gasteiger partial charge in [-0.15, -0.1) is 24.8 Å². The first-order valence-corrected chi connectivity index (χ1v) is 7.69. The van der Waals surface area contributed by atoms with Gasteiger partial charge < -0.3 is 20.0 Å². The molecular weight excluding hydrogens is 363 g/mol. The van der Waals surface area contributed by atoms with Gasteiger partial charge in [0.15, 0.2) is 0 Å². The average molecular weight is 383 g/mol. The van der Waals surface area contributed by atoms with Gasteiger partial charge in [0.25, 0.3) is 0 Å². The highest BCUT2D eigenvalue weighted by Crippen LogP contribution is 2.19. The molecule has 0 saturated heterocycles. The lowest BCUT2D eigenvalue weighted by Crippen LogP contribution is -2.41. The van der Waals surface area contributed by atoms with Gasteiger partial charge in [0.05, 0.1) is 30.5 Å². The van der Waals surface area contributed by atoms with Gasteiger partial charge in [0, 0.05) is 24.9 Å². The van der Waals surface area contributed by atoms with Gasteiger partial charge in [-0.1, -0.05) is 6.07 Å². The number of carbonyl (C=O) groups is 1. The molecule has 0 spiro atoms. The third-order valence-corrected chi connectivity index (χ3v) is 4.26. The molecular formula is C16H20Cl2N6O. The highest BCUT2D eigenvalue weighted by Gasteiger charge is 2.28. The lowest BCUT2D eigenvalue weighted by molar-refractivity contribution is -0.123. The molecule has 1 amide bonds. The van der Waals surface area contributed by atoms with Crippen LogP contribution >= 0.6 is 24.8 Å². The van der Waals surface area contributed by atoms with Crippen LogP contribution in [0.1, 0.15) is 28.7 Å². The molecule has 0 fully saturated rings. The van der Waals surface area contributed by atoms with E-state index in [1.165, 1.54) is 0 Å². The van der Waals surface area contributed by atoms with Crippen molar-refractivity contribution < 1.29 is 4.79 Å². The number of aryl methyl sites for hydroxylation is 1. The van der Waals surface area contributed by atoms with Gasteiger partial charge in [-0.05, 0) is 18.6 Å². The van der Waals surface area contributed by atoms with E-state index in [1.54, 1.807) is 12.5 Å². The molecule has 1 aliphatic rings. The third-order valence-electron chi connectivity index (χ3n) is 4.26. The topological polar surface area (TPSA) is 87.1 Å². The van der Waals surface area contributed by atoms with E-state index in [4.69, 9.17) is 0 Å². The summed E-state index contributed by atoms with van der Waals surface area (Å²) in [5.74, 6) is -0.0688. The van der Waals surface area contributed by atoms with Crippen LogP contribution in [0.4, 0.5) is 0 Å². The van der Waals surface area contributed by atoms with E-state index >= 15 is 0 Å². The van der Waals surface area contributed by atoms with Crippen molar-refractivity contribution in [2.24, 2.45) is 0 Å². The summed E-state index contributed by atoms with van der Waals surface area (Å²) in [7, 11) is 0. The number of pyridine rings is 1. The number of aromatic nitrogens is 4. The first kappa shape index (κ1) is 19.2. The maximum atomic E-state index is 12.5. The maximum Gasteiger partial charge on any atom is 0.243 e. The van der Waals surface area contributed by atoms with Crippen molar-refractivity contribution in [3.05, 3.63) is 53.5 Å². The smallest absolute Gasteiger partial charge is 0.243 e. The third kappa shape index (κ3) is 3.49. The molecule has 25 heavy (non-hydrogen) atoms. The average Bonchev–Trinajstić information content (AvgIpc) is 3.19. The second-order valence-electron chi connectivity index (χ2n) is 5.76. The molecule has 0 saturated carbocycles. The molecule has 134 valence electrons. The number of amides is 1. The molecule has 1 atom stereocenters. The number of halogens is 2. The largest absolute Gasteiger partial charge is 0.349 e. The second-order valence-corrected chi connectivity index (χ2v) is 5.76. The van der Waals surface area contributed by atoms with Crippen LogP contribution < -0.4 is 10.6 Å². The minimum atomic E-state index is -0.397. The monoisotopic (exact) mass is 382 g/mol. The number of H-pyrrole nitrogens is 1. The van der Waals surface area contributed by atoms with Crippen molar-refractivity contribution >= 4 is 36.4 Å². The highest BCUT2D eigenvalue weighted by molar-refractivity contribution is 5.85. The fourth-order valence-electron chi connectivity index (χ4n) is 3.05. The van der Waals surface area contributed by atoms with Crippen LogP contribution in [0, 0.1) is 6.92 Å². The van der Waals surface area contributed by atoms with Gasteiger partial charge in [0.1, 0.15) is 11.7 Å². The van der Waals surface area contributed by atoms with E-state index in [0.29, 0.717) is 6.54 Å². The van der Waals surface area contributed by atoms with Gasteiger partial charge in [-0.2, -0.15) is 0 Å². The Morgan fingerprint density at radius 2 is 2.24 bits per heavy atom. The van der Waals surface area contributed by atoms with Crippen molar-refractivity contribution in [1.29, 1.82) is 0 Å². The van der Waals surface area contributed by atoms with Gasteiger partial charge in [-0.25, -0.2) is 9.97 Å². The number of nitrogens with one attached hydrogen (secondary N) is 3. The number of nitrogens with zero attached hydrogens (tertiary/aromatic N) is 3. The molecule has 0 radical (unpaired) electrons. The zero-order valence-corrected chi connectivity index (χ0v) is 15.3. The summed E-state index contributed by atoms with van der Waals surface area (Å²) < 4.78 is 2.00. The first-order valence-electron chi connectivity index (χ1n) is 7.69. The number of fused-ring (bicyclic) bond motifs is 2. The van der Waals surface area contributed by atoms with E-state index in [9.17, 15) is 4.79 Å². The molecule has 3 aromatic rings. The summed E-state index contributed by atoms with van der Waals surface area (Å²) in [4.78, 5) is 24.3. The summed E-state index contributed by atoms with van der Waals surface area (Å²) >= 11 is 0. The number of aromatic amines is 1. The van der Waals surface area contributed by atoms with Gasteiger partial charge in [-0.3, -0.25) is 4.79 Å². The van der Waals surface area contributed by atoms with Crippen LogP contribution in [0.3, 0.4) is 0 Å². The standard InChI is InChI=1S/C16H18N6O.2ClH/c1-10-3-2-6-22-11(7-18-15(10)22)8-19-16(23)14-13-12(4-5-17-14)20-9-21-13;;/h2-3,6-7,9,14,17H,4-5,8H2,1H3,(H,19,23)(H,20,21);2*1H. The van der Waals surface area contributed by atoms with Crippen LogP contribution in [-0.2, 0) is 17.8 Å². The van der Waals surface area contributed by atoms with Crippen LogP contribution in [0.25, 0.3) is 5.65 Å². The lowest BCUT2D eigenvalue weighted by atomic mass is 10.1. The summed E-state index contributed by atoms with van der Waals surface area (Å²) in [5, 5.41) is 6.20. The molecule has 7 nitrogen and oxygen atoms in total. The summed E-state index contributed by atoms with van der Waals surface area (Å²) in [6.45, 7) is 3.22. The van der Waals surface area contributed by atoms with Crippen molar-refractivity contribution in [2.45, 2.75) is 25.9 Å². The predicted octanol–water partition coefficient (Wildman–Crippen LogP) is 1.71. The van der Waals surface area contributed by atoms with Crippen LogP contribution in [-0.4, -0.2) is 31.8 Å². The summed E-state index contributed by atoms with van der Waals surface area (Å²) in [6, 6.07) is 3.61. The zero-order chi connectivity index (χ0) is 15.8. The molecule has 1 aliphatic heterocycles. The number of carbonyl (C=O) groups excluding carboxylic acids is 1. The van der Waals surface area contributed by atoms with E-state index in [2.05, 4.69) is 25.6 Å². The Morgan fingerprint density at radius 1 is 1.40 bits per heavy atom. The summed E-state index contributed by atoms with van der Waals surface area (Å²) in [6.07, 6.45) is 6.27. The molecule has 3 aromatic heterocycles. The minimum absolute atomic E-state index is 0. The quantitative estimate of drug-likeness (QED) is 0.643. The Kier molecular flexibility index (Phi) is 6.05. The number of rotatable bonds is 3. The Hall–Kier alpha value is -2.09. The fraction of sp³-hybridized carbons (Fsp3) is 0.312. The SMILES string of the molecule is Cc1cccn2c(CNC(=O)C3NCCc4[nH]cnc43)cnc12.Cl.Cl. The van der Waals surface area contributed by atoms with Crippen molar-refractivity contribution in [3.8, 4) is 0 Å². The van der Waals surface area contributed by atoms with E-state index in [-0.39, 0.29) is 30.7 Å². The molecule has 9 heteroatoms. The van der Waals surface area contributed by atoms with Crippen LogP contribution in [0.2, 0.25) is 0 Å². The van der Waals surface area contributed by atoms with Crippen LogP contribution in [0.15, 0.2) is 30.9 Å². The van der Waals surface area contributed by atoms with E-state index < -0.39 is 6.04 Å². The fourth-order valence-corrected chi connectivity index (χ4v) is 3.05. The minimum Gasteiger partial charge on any atom is -0.349 e. The normalized spacial score (nSPS) is 15.8. The lowest BCUT2D eigenvalue weighted by Gasteiger charge is -2.22. The Bertz CT molecular complexity index is 875. The molecule has 4 rings (SSSR count). The molecule has 4 heterocycles. The predicted molar refractivity (Wildman–Crippen MR) is 99.3 cm³/mol. The number of imidazole rings is 2. The second kappa shape index (κ2) is 7.86. The molecule has 0 aliphatic carbocycles. The van der Waals surface area contributed by atoms with Crippen molar-refractivity contribution in [2.75, 3.05) is 6.54 Å². The molecule has 1 unspecified atom stereocenters. The number of hydrogen-bond acceptors (Lipinski definition) is 4. The van der Waals surface area contributed by atoms with E-state index in [0.717, 1.165) is 41.3 Å². The van der Waals surface area contributed by atoms with Gasteiger partial charge in [0.2, 0.25) is 5.91 Å². The van der Waals surface area contributed by atoms with Crippen molar-refractivity contribution in [1.82, 2.24) is 30.0 Å². The Labute approximate surface area is 157 Å². The Balaban J connectivity index is 0.00000113. The highest BCUT2D eigenvalue weighted by atomic mass is 35.5. The number of hydrogen-bond donors (Lipinski definition) is 3. The first-order chi connectivity index (χ1) is 11.2. The summed E-state index contributed by atoms with van der Waals surface area (Å²) in [5.41, 5.74) is 4.81. The van der Waals surface area contributed by atoms with Crippen LogP contribution in [0.5, 0.6) is 0 Å². The molecule has 0 bridgehead atoms. The molecule has 0 aromatic carbocycles. The van der Waals surface area contributed by atoms with E-state index in [1.807, 2.05) is 29.7 Å².